The zero-order chi connectivity index (χ0) is 53.4. The highest BCUT2D eigenvalue weighted by atomic mass is 32.2. The van der Waals surface area contributed by atoms with Gasteiger partial charge in [-0.15, -0.1) is 34.9 Å². The number of Topliss-reactive ketones (excluding diaryl/α,β-unsaturated/α-hetero) is 1. The second-order valence-electron chi connectivity index (χ2n) is 16.0. The minimum Gasteiger partial charge on any atom is -0.493 e. The lowest BCUT2D eigenvalue weighted by atomic mass is 10.0. The number of thiazole rings is 1. The molecule has 0 fully saturated rings. The molecule has 0 spiro atoms. The van der Waals surface area contributed by atoms with Gasteiger partial charge < -0.3 is 42.6 Å². The molecule has 0 saturated carbocycles. The number of thioether (sulfide) groups is 2. The summed E-state index contributed by atoms with van der Waals surface area (Å²) in [5, 5.41) is 4.82. The number of aromatic nitrogens is 1. The zero-order valence-corrected chi connectivity index (χ0v) is 46.8. The van der Waals surface area contributed by atoms with Gasteiger partial charge in [0.15, 0.2) is 40.3 Å². The van der Waals surface area contributed by atoms with Crippen LogP contribution in [0.25, 0.3) is 10.6 Å². The molecule has 2 atom stereocenters. The van der Waals surface area contributed by atoms with Gasteiger partial charge in [-0.25, -0.2) is 4.98 Å². The Bertz CT molecular complexity index is 2960. The summed E-state index contributed by atoms with van der Waals surface area (Å²) in [7, 11) is 14.1. The van der Waals surface area contributed by atoms with Crippen LogP contribution < -0.4 is 42.6 Å². The number of hydrogen-bond acceptors (Lipinski definition) is 18. The summed E-state index contributed by atoms with van der Waals surface area (Å²) in [6.07, 6.45) is 0. The first-order chi connectivity index (χ1) is 36.5. The molecule has 1 aromatic heterocycles. The first-order valence-corrected chi connectivity index (χ1v) is 26.8. The third kappa shape index (κ3) is 13.3. The molecule has 9 rings (SSSR count). The number of aliphatic imine (C=N–C) groups is 2. The monoisotopic (exact) mass is 1100 g/mol. The molecule has 0 radical (unpaired) electrons. The molecule has 2 unspecified atom stereocenters. The van der Waals surface area contributed by atoms with Crippen LogP contribution in [-0.2, 0) is 0 Å². The van der Waals surface area contributed by atoms with Crippen LogP contribution in [0.5, 0.6) is 51.7 Å². The van der Waals surface area contributed by atoms with E-state index in [2.05, 4.69) is 22.1 Å². The Morgan fingerprint density at radius 3 is 1.23 bits per heavy atom. The van der Waals surface area contributed by atoms with Crippen molar-refractivity contribution in [1.82, 2.24) is 4.98 Å². The molecule has 0 amide bonds. The highest BCUT2D eigenvalue weighted by Gasteiger charge is 2.29. The van der Waals surface area contributed by atoms with Gasteiger partial charge >= 0.3 is 0 Å². The predicted octanol–water partition coefficient (Wildman–Crippen LogP) is 12.1. The van der Waals surface area contributed by atoms with Crippen LogP contribution in [0.4, 0.5) is 0 Å². The van der Waals surface area contributed by atoms with E-state index < -0.39 is 6.04 Å². The van der Waals surface area contributed by atoms with Gasteiger partial charge in [0.1, 0.15) is 11.0 Å². The summed E-state index contributed by atoms with van der Waals surface area (Å²) < 4.78 is 48.3. The van der Waals surface area contributed by atoms with Crippen LogP contribution in [0.15, 0.2) is 143 Å². The maximum absolute atomic E-state index is 12.9. The summed E-state index contributed by atoms with van der Waals surface area (Å²) in [5.74, 6) is 6.22. The van der Waals surface area contributed by atoms with Crippen molar-refractivity contribution >= 4 is 84.9 Å². The second-order valence-corrected chi connectivity index (χ2v) is 19.7. The molecule has 2 aliphatic heterocycles. The van der Waals surface area contributed by atoms with Crippen molar-refractivity contribution in [2.45, 2.75) is 12.1 Å². The third-order valence-electron chi connectivity index (χ3n) is 11.5. The van der Waals surface area contributed by atoms with Crippen LogP contribution in [0.3, 0.4) is 0 Å². The van der Waals surface area contributed by atoms with Crippen LogP contribution in [0.2, 0.25) is 0 Å². The SMILES string of the molecule is COc1cc(C(=O)C2CSC(c3ccccc3)=N2)cc(OC)c1OC.COc1cc(C(=S)C2CSC(c3ccccc3)=N2)cc(OC)c1OC.COc1cc(C(=S)c2csc(-c3ccccc3)n2)cc(OC)c1OC. The summed E-state index contributed by atoms with van der Waals surface area (Å²) in [6.45, 7) is 0. The van der Waals surface area contributed by atoms with E-state index in [1.165, 1.54) is 21.3 Å². The van der Waals surface area contributed by atoms with Crippen molar-refractivity contribution < 1.29 is 47.4 Å². The first-order valence-electron chi connectivity index (χ1n) is 23.1. The molecule has 75 heavy (non-hydrogen) atoms. The Morgan fingerprint density at radius 2 is 0.827 bits per heavy atom. The van der Waals surface area contributed by atoms with E-state index in [-0.39, 0.29) is 11.8 Å². The maximum Gasteiger partial charge on any atom is 0.203 e. The second kappa shape index (κ2) is 27.0. The summed E-state index contributed by atoms with van der Waals surface area (Å²) >= 11 is 16.2. The molecule has 18 heteroatoms. The highest BCUT2D eigenvalue weighted by molar-refractivity contribution is 8.15. The average Bonchev–Trinajstić information content (AvgIpc) is 4.30. The molecule has 7 aromatic rings. The largest absolute Gasteiger partial charge is 0.493 e. The van der Waals surface area contributed by atoms with Crippen LogP contribution in [0.1, 0.15) is 38.3 Å². The van der Waals surface area contributed by atoms with Gasteiger partial charge in [0.05, 0.1) is 90.7 Å². The van der Waals surface area contributed by atoms with Crippen molar-refractivity contribution in [3.05, 3.63) is 166 Å². The quantitative estimate of drug-likeness (QED) is 0.0595. The lowest BCUT2D eigenvalue weighted by Crippen LogP contribution is -2.19. The van der Waals surface area contributed by atoms with Crippen molar-refractivity contribution in [1.29, 1.82) is 0 Å². The minimum absolute atomic E-state index is 0.0435. The topological polar surface area (TPSA) is 138 Å². The van der Waals surface area contributed by atoms with E-state index in [0.29, 0.717) is 67.9 Å². The Hall–Kier alpha value is -6.96. The maximum atomic E-state index is 12.9. The molecule has 13 nitrogen and oxygen atoms in total. The molecule has 6 aromatic carbocycles. The van der Waals surface area contributed by atoms with Gasteiger partial charge in [-0.05, 0) is 42.0 Å². The number of carbonyl (C=O) groups excluding carboxylic acids is 1. The Morgan fingerprint density at radius 1 is 0.467 bits per heavy atom. The molecular formula is C57H55N3O10S5. The Labute approximate surface area is 460 Å². The summed E-state index contributed by atoms with van der Waals surface area (Å²) in [6, 6.07) is 40.4. The smallest absolute Gasteiger partial charge is 0.203 e. The van der Waals surface area contributed by atoms with E-state index in [9.17, 15) is 4.79 Å². The Kier molecular flexibility index (Phi) is 20.1. The van der Waals surface area contributed by atoms with E-state index >= 15 is 0 Å². The number of ether oxygens (including phenoxy) is 9. The average molecular weight is 1100 g/mol. The van der Waals surface area contributed by atoms with Gasteiger partial charge in [-0.1, -0.05) is 115 Å². The molecule has 3 heterocycles. The number of carbonyl (C=O) groups is 1. The molecular weight excluding hydrogens is 1050 g/mol. The number of hydrogen-bond donors (Lipinski definition) is 0. The molecule has 0 bridgehead atoms. The third-order valence-corrected chi connectivity index (χ3v) is 15.6. The number of benzene rings is 6. The van der Waals surface area contributed by atoms with Crippen LogP contribution >= 0.6 is 59.3 Å². The number of thiocarbonyl (C=S) groups is 2. The fraction of sp³-hybridized carbons (Fsp3) is 0.228. The van der Waals surface area contributed by atoms with Gasteiger partial charge in [0.2, 0.25) is 17.2 Å². The lowest BCUT2D eigenvalue weighted by molar-refractivity contribution is 0.0970. The lowest BCUT2D eigenvalue weighted by Gasteiger charge is -2.15. The van der Waals surface area contributed by atoms with Crippen molar-refractivity contribution in [2.75, 3.05) is 75.5 Å². The Balaban J connectivity index is 0.000000164. The minimum atomic E-state index is -0.414. The fourth-order valence-electron chi connectivity index (χ4n) is 7.78. The van der Waals surface area contributed by atoms with Gasteiger partial charge in [0, 0.05) is 49.6 Å². The molecule has 388 valence electrons. The predicted molar refractivity (Wildman–Crippen MR) is 311 cm³/mol. The van der Waals surface area contributed by atoms with Crippen molar-refractivity contribution in [3.63, 3.8) is 0 Å². The molecule has 0 saturated heterocycles. The van der Waals surface area contributed by atoms with Crippen molar-refractivity contribution in [3.8, 4) is 62.3 Å². The standard InChI is InChI=1S/C19H19NO4S.C19H19NO3S2.C19H17NO3S2/c1-22-15-9-13(10-16(23-2)18(15)24-3)17(21)14-11-25-19(20-14)12-7-5-4-6-8-12;2*1-21-15-9-13(10-16(22-2)17(15)23-3)18(24)14-11-25-19(20-14)12-7-5-4-6-8-12/h2*4-10,14H,11H2,1-3H3;4-11H,1-3H3. The molecule has 0 N–H and O–H groups in total. The fourth-order valence-corrected chi connectivity index (χ4v) is 11.4. The van der Waals surface area contributed by atoms with E-state index in [1.54, 1.807) is 89.7 Å². The van der Waals surface area contributed by atoms with E-state index in [4.69, 9.17) is 72.1 Å². The van der Waals surface area contributed by atoms with Gasteiger partial charge in [-0.3, -0.25) is 14.8 Å². The first kappa shape index (κ1) is 55.8. The van der Waals surface area contributed by atoms with Gasteiger partial charge in [-0.2, -0.15) is 0 Å². The molecule has 2 aliphatic rings. The van der Waals surface area contributed by atoms with E-state index in [0.717, 1.165) is 59.2 Å². The summed E-state index contributed by atoms with van der Waals surface area (Å²) in [5.41, 5.74) is 6.16. The van der Waals surface area contributed by atoms with Gasteiger partial charge in [0.25, 0.3) is 0 Å². The van der Waals surface area contributed by atoms with Crippen molar-refractivity contribution in [2.24, 2.45) is 9.98 Å². The highest BCUT2D eigenvalue weighted by Crippen LogP contribution is 2.42. The zero-order valence-electron chi connectivity index (χ0n) is 42.7. The van der Waals surface area contributed by atoms with E-state index in [1.807, 2.05) is 109 Å². The normalized spacial score (nSPS) is 14.3. The molecule has 0 aliphatic carbocycles. The summed E-state index contributed by atoms with van der Waals surface area (Å²) in [4.78, 5) is 28.4. The number of nitrogens with zero attached hydrogens (tertiary/aromatic N) is 3. The number of ketones is 1. The number of methoxy groups -OCH3 is 9. The van der Waals surface area contributed by atoms with Crippen LogP contribution in [0, 0.1) is 0 Å². The van der Waals surface area contributed by atoms with Crippen LogP contribution in [-0.4, -0.2) is 118 Å². The number of rotatable bonds is 18.